The first kappa shape index (κ1) is 18.1. The van der Waals surface area contributed by atoms with E-state index in [1.807, 2.05) is 54.6 Å². The molecule has 0 saturated heterocycles. The standard InChI is InChI=1S/C16H20O5P2/c17-22(18)16(23(19,20)21)8-4-5-13-9-11-15(12-10-13)14-6-2-1-3-7-14/h1-3,6-7,9-12,16,22H,4-5,8H2,(H,17,18)(H2,19,20,21). The average molecular weight is 354 g/mol. The molecule has 124 valence electrons. The summed E-state index contributed by atoms with van der Waals surface area (Å²) in [6.07, 6.45) is 1.11. The van der Waals surface area contributed by atoms with E-state index < -0.39 is 21.0 Å². The van der Waals surface area contributed by atoms with Gasteiger partial charge in [0.2, 0.25) is 8.03 Å². The summed E-state index contributed by atoms with van der Waals surface area (Å²) in [5, 5.41) is -1.43. The van der Waals surface area contributed by atoms with E-state index in [1.165, 1.54) is 0 Å². The zero-order chi connectivity index (χ0) is 16.9. The predicted octanol–water partition coefficient (Wildman–Crippen LogP) is 3.65. The summed E-state index contributed by atoms with van der Waals surface area (Å²) in [5.74, 6) is 0. The SMILES string of the molecule is O=[PH](O)C(CCCc1ccc(-c2ccccc2)cc1)P(=O)(O)O. The minimum Gasteiger partial charge on any atom is -0.346 e. The molecule has 2 rings (SSSR count). The highest BCUT2D eigenvalue weighted by molar-refractivity contribution is 7.65. The summed E-state index contributed by atoms with van der Waals surface area (Å²) >= 11 is 0. The molecule has 0 aliphatic carbocycles. The highest BCUT2D eigenvalue weighted by Gasteiger charge is 2.32. The van der Waals surface area contributed by atoms with Crippen LogP contribution in [0.4, 0.5) is 0 Å². The molecule has 2 aromatic carbocycles. The predicted molar refractivity (Wildman–Crippen MR) is 91.9 cm³/mol. The van der Waals surface area contributed by atoms with Gasteiger partial charge in [-0.15, -0.1) is 0 Å². The maximum atomic E-state index is 11.2. The number of aryl methyl sites for hydroxylation is 1. The minimum absolute atomic E-state index is 0.0407. The Balaban J connectivity index is 1.94. The van der Waals surface area contributed by atoms with Gasteiger partial charge in [0.05, 0.1) is 0 Å². The normalized spacial score (nSPS) is 14.4. The van der Waals surface area contributed by atoms with Crippen LogP contribution in [0.2, 0.25) is 0 Å². The van der Waals surface area contributed by atoms with Crippen molar-refractivity contribution < 1.29 is 23.8 Å². The highest BCUT2D eigenvalue weighted by Crippen LogP contribution is 2.53. The number of hydrogen-bond donors (Lipinski definition) is 3. The Hall–Kier alpha value is -1.22. The van der Waals surface area contributed by atoms with Crippen LogP contribution in [0.1, 0.15) is 18.4 Å². The molecule has 0 aromatic heterocycles. The molecular formula is C16H20O5P2. The summed E-state index contributed by atoms with van der Waals surface area (Å²) in [6.45, 7) is 0. The van der Waals surface area contributed by atoms with E-state index in [0.717, 1.165) is 16.7 Å². The fourth-order valence-electron chi connectivity index (χ4n) is 2.43. The molecule has 0 bridgehead atoms. The van der Waals surface area contributed by atoms with Crippen LogP contribution in [0.5, 0.6) is 0 Å². The van der Waals surface area contributed by atoms with Gasteiger partial charge in [-0.3, -0.25) is 9.13 Å². The second kappa shape index (κ2) is 8.05. The van der Waals surface area contributed by atoms with Crippen LogP contribution in [0, 0.1) is 0 Å². The fourth-order valence-corrected chi connectivity index (χ4v) is 4.55. The molecule has 2 unspecified atom stereocenters. The number of rotatable bonds is 7. The van der Waals surface area contributed by atoms with E-state index in [0.29, 0.717) is 12.8 Å². The smallest absolute Gasteiger partial charge is 0.337 e. The molecule has 3 N–H and O–H groups in total. The lowest BCUT2D eigenvalue weighted by molar-refractivity contribution is 0.362. The van der Waals surface area contributed by atoms with Crippen LogP contribution in [0.15, 0.2) is 54.6 Å². The lowest BCUT2D eigenvalue weighted by Crippen LogP contribution is -2.04. The van der Waals surface area contributed by atoms with Gasteiger partial charge in [-0.05, 0) is 36.0 Å². The molecule has 0 aliphatic heterocycles. The lowest BCUT2D eigenvalue weighted by Gasteiger charge is -2.15. The third-order valence-electron chi connectivity index (χ3n) is 3.70. The molecule has 5 nitrogen and oxygen atoms in total. The van der Waals surface area contributed by atoms with Crippen molar-refractivity contribution >= 4 is 15.6 Å². The molecule has 23 heavy (non-hydrogen) atoms. The Morgan fingerprint density at radius 1 is 0.957 bits per heavy atom. The molecule has 0 saturated carbocycles. The molecule has 0 aliphatic rings. The maximum absolute atomic E-state index is 11.2. The summed E-state index contributed by atoms with van der Waals surface area (Å²) < 4.78 is 22.3. The van der Waals surface area contributed by atoms with Crippen molar-refractivity contribution in [2.24, 2.45) is 0 Å². The van der Waals surface area contributed by atoms with Crippen LogP contribution in [0.3, 0.4) is 0 Å². The average Bonchev–Trinajstić information content (AvgIpc) is 2.51. The highest BCUT2D eigenvalue weighted by atomic mass is 31.2. The minimum atomic E-state index is -4.52. The Labute approximate surface area is 136 Å². The van der Waals surface area contributed by atoms with E-state index >= 15 is 0 Å². The first-order valence-corrected chi connectivity index (χ1v) is 10.4. The van der Waals surface area contributed by atoms with Gasteiger partial charge in [0, 0.05) is 0 Å². The summed E-state index contributed by atoms with van der Waals surface area (Å²) in [6, 6.07) is 17.9. The van der Waals surface area contributed by atoms with Gasteiger partial charge in [-0.25, -0.2) is 0 Å². The third kappa shape index (κ3) is 5.42. The molecule has 2 aromatic rings. The van der Waals surface area contributed by atoms with Gasteiger partial charge in [-0.2, -0.15) is 0 Å². The first-order valence-electron chi connectivity index (χ1n) is 7.30. The van der Waals surface area contributed by atoms with Crippen molar-refractivity contribution in [2.75, 3.05) is 0 Å². The van der Waals surface area contributed by atoms with E-state index in [2.05, 4.69) is 0 Å². The lowest BCUT2D eigenvalue weighted by atomic mass is 10.0. The Morgan fingerprint density at radius 2 is 1.52 bits per heavy atom. The van der Waals surface area contributed by atoms with Crippen LogP contribution < -0.4 is 0 Å². The molecule has 0 amide bonds. The van der Waals surface area contributed by atoms with Crippen molar-refractivity contribution in [1.82, 2.24) is 0 Å². The molecule has 0 radical (unpaired) electrons. The Kier molecular flexibility index (Phi) is 6.34. The molecule has 0 fully saturated rings. The van der Waals surface area contributed by atoms with E-state index in [1.54, 1.807) is 0 Å². The molecule has 2 atom stereocenters. The number of benzene rings is 2. The summed E-state index contributed by atoms with van der Waals surface area (Å²) in [7, 11) is -7.76. The van der Waals surface area contributed by atoms with Crippen LogP contribution in [0.25, 0.3) is 11.1 Å². The maximum Gasteiger partial charge on any atom is 0.337 e. The van der Waals surface area contributed by atoms with Crippen molar-refractivity contribution in [3.8, 4) is 11.1 Å². The fraction of sp³-hybridized carbons (Fsp3) is 0.250. The third-order valence-corrected chi connectivity index (χ3v) is 7.30. The van der Waals surface area contributed by atoms with Crippen molar-refractivity contribution in [1.29, 1.82) is 0 Å². The largest absolute Gasteiger partial charge is 0.346 e. The molecular weight excluding hydrogens is 334 g/mol. The van der Waals surface area contributed by atoms with Crippen LogP contribution >= 0.6 is 15.6 Å². The van der Waals surface area contributed by atoms with Crippen LogP contribution in [-0.4, -0.2) is 20.1 Å². The van der Waals surface area contributed by atoms with Crippen molar-refractivity contribution in [2.45, 2.75) is 24.7 Å². The topological polar surface area (TPSA) is 94.8 Å². The molecule has 7 heteroatoms. The van der Waals surface area contributed by atoms with Gasteiger partial charge in [0.15, 0.2) is 0 Å². The quantitative estimate of drug-likeness (QED) is 0.660. The van der Waals surface area contributed by atoms with Crippen molar-refractivity contribution in [3.63, 3.8) is 0 Å². The Morgan fingerprint density at radius 3 is 2.04 bits per heavy atom. The van der Waals surface area contributed by atoms with Gasteiger partial charge >= 0.3 is 7.60 Å². The van der Waals surface area contributed by atoms with Gasteiger partial charge in [-0.1, -0.05) is 54.6 Å². The van der Waals surface area contributed by atoms with E-state index in [4.69, 9.17) is 14.7 Å². The summed E-state index contributed by atoms with van der Waals surface area (Å²) in [5.41, 5.74) is 3.26. The van der Waals surface area contributed by atoms with Gasteiger partial charge in [0.25, 0.3) is 0 Å². The summed E-state index contributed by atoms with van der Waals surface area (Å²) in [4.78, 5) is 27.2. The zero-order valence-corrected chi connectivity index (χ0v) is 14.4. The van der Waals surface area contributed by atoms with E-state index in [-0.39, 0.29) is 6.42 Å². The molecule has 0 heterocycles. The second-order valence-electron chi connectivity index (χ2n) is 5.40. The number of hydrogen-bond acceptors (Lipinski definition) is 2. The van der Waals surface area contributed by atoms with Crippen LogP contribution in [-0.2, 0) is 15.6 Å². The monoisotopic (exact) mass is 354 g/mol. The van der Waals surface area contributed by atoms with Gasteiger partial charge in [0.1, 0.15) is 5.40 Å². The molecule has 0 spiro atoms. The van der Waals surface area contributed by atoms with Gasteiger partial charge < -0.3 is 14.7 Å². The first-order chi connectivity index (χ1) is 10.9. The van der Waals surface area contributed by atoms with E-state index in [9.17, 15) is 9.13 Å². The zero-order valence-electron chi connectivity index (χ0n) is 12.5. The Bertz CT molecular complexity index is 694. The van der Waals surface area contributed by atoms with Crippen molar-refractivity contribution in [3.05, 3.63) is 60.2 Å². The second-order valence-corrected chi connectivity index (χ2v) is 9.06.